The minimum atomic E-state index is -3.34. The van der Waals surface area contributed by atoms with E-state index in [1.807, 2.05) is 57.2 Å². The maximum Gasteiger partial charge on any atom is 0.324 e. The topological polar surface area (TPSA) is 162 Å². The Labute approximate surface area is 295 Å². The van der Waals surface area contributed by atoms with Crippen molar-refractivity contribution < 1.29 is 22.7 Å². The number of methoxy groups -OCH3 is 1. The van der Waals surface area contributed by atoms with Crippen LogP contribution in [-0.2, 0) is 15.3 Å². The molecule has 0 bridgehead atoms. The number of anilines is 4. The lowest BCUT2D eigenvalue weighted by molar-refractivity contribution is 0.262. The Morgan fingerprint density at radius 1 is 0.882 bits per heavy atom. The summed E-state index contributed by atoms with van der Waals surface area (Å²) in [6.07, 6.45) is 4.56. The van der Waals surface area contributed by atoms with Gasteiger partial charge in [-0.3, -0.25) is 5.32 Å². The molecule has 3 N–H and O–H groups in total. The summed E-state index contributed by atoms with van der Waals surface area (Å²) in [6.45, 7) is 6.15. The van der Waals surface area contributed by atoms with Gasteiger partial charge in [-0.15, -0.1) is 0 Å². The molecule has 0 aliphatic heterocycles. The second-order valence-electron chi connectivity index (χ2n) is 13.1. The van der Waals surface area contributed by atoms with Crippen molar-refractivity contribution in [3.8, 4) is 23.2 Å². The van der Waals surface area contributed by atoms with Crippen LogP contribution in [0.25, 0.3) is 16.5 Å². The monoisotopic (exact) mass is 704 g/mol. The van der Waals surface area contributed by atoms with Crippen LogP contribution in [0.15, 0.2) is 102 Å². The summed E-state index contributed by atoms with van der Waals surface area (Å²) in [5.74, 6) is 1.96. The Bertz CT molecular complexity index is 2350. The third-order valence-electron chi connectivity index (χ3n) is 8.25. The normalized spacial score (nSPS) is 13.1. The molecule has 0 spiro atoms. The smallest absolute Gasteiger partial charge is 0.324 e. The summed E-state index contributed by atoms with van der Waals surface area (Å²) in [6, 6.07) is 24.2. The van der Waals surface area contributed by atoms with Crippen LogP contribution < -0.4 is 25.4 Å². The summed E-state index contributed by atoms with van der Waals surface area (Å²) in [7, 11) is -1.80. The lowest BCUT2D eigenvalue weighted by Gasteiger charge is -2.14. The highest BCUT2D eigenvalue weighted by Gasteiger charge is 2.37. The van der Waals surface area contributed by atoms with E-state index >= 15 is 0 Å². The highest BCUT2D eigenvalue weighted by molar-refractivity contribution is 7.92. The molecule has 260 valence electrons. The quantitative estimate of drug-likeness (QED) is 0.129. The van der Waals surface area contributed by atoms with Gasteiger partial charge in [-0.25, -0.2) is 27.9 Å². The first-order chi connectivity index (χ1) is 24.5. The van der Waals surface area contributed by atoms with Crippen molar-refractivity contribution in [3.05, 3.63) is 103 Å². The summed E-state index contributed by atoms with van der Waals surface area (Å²) >= 11 is 0. The molecule has 2 amide bonds. The van der Waals surface area contributed by atoms with Gasteiger partial charge in [0.2, 0.25) is 17.7 Å². The molecule has 0 atom stereocenters. The van der Waals surface area contributed by atoms with Gasteiger partial charge >= 0.3 is 6.03 Å². The summed E-state index contributed by atoms with van der Waals surface area (Å²) in [5.41, 5.74) is 2.29. The Morgan fingerprint density at radius 3 is 2.41 bits per heavy atom. The van der Waals surface area contributed by atoms with Crippen LogP contribution >= 0.6 is 0 Å². The molecule has 1 fully saturated rings. The average molecular weight is 705 g/mol. The number of hydrogen-bond donors (Lipinski definition) is 3. The van der Waals surface area contributed by atoms with Gasteiger partial charge in [-0.2, -0.15) is 10.1 Å². The van der Waals surface area contributed by atoms with Gasteiger partial charge < -0.3 is 20.1 Å². The standard InChI is InChI=1S/C37H36N8O5S/c1-37(2,3)31-21-32(45(44-31)24-12-17-33(49-4)39-22-24)42-36(46)41-29-15-16-30(28-11-6-5-10-27(28)29)50-34-18-19-38-35(43-34)40-23-8-7-9-26(20-23)51(47,48)25-13-14-25/h5-12,15-22,25H,13-14H2,1-4H3,(H,38,40,43)(H2,41,42,46). The molecular weight excluding hydrogens is 669 g/mol. The minimum Gasteiger partial charge on any atom is -0.481 e. The Balaban J connectivity index is 1.10. The van der Waals surface area contributed by atoms with Crippen molar-refractivity contribution in [2.24, 2.45) is 0 Å². The molecule has 1 saturated carbocycles. The minimum absolute atomic E-state index is 0.243. The Kier molecular flexibility index (Phi) is 8.77. The first-order valence-electron chi connectivity index (χ1n) is 16.3. The summed E-state index contributed by atoms with van der Waals surface area (Å²) in [5, 5.41) is 14.9. The molecule has 0 saturated heterocycles. The van der Waals surface area contributed by atoms with E-state index in [1.165, 1.54) is 0 Å². The molecule has 13 nitrogen and oxygen atoms in total. The number of hydrogen-bond acceptors (Lipinski definition) is 10. The lowest BCUT2D eigenvalue weighted by atomic mass is 9.92. The summed E-state index contributed by atoms with van der Waals surface area (Å²) < 4.78 is 38.5. The van der Waals surface area contributed by atoms with Crippen LogP contribution in [0.5, 0.6) is 17.5 Å². The number of urea groups is 1. The largest absolute Gasteiger partial charge is 0.481 e. The third-order valence-corrected chi connectivity index (χ3v) is 10.5. The lowest BCUT2D eigenvalue weighted by Crippen LogP contribution is -2.21. The zero-order chi connectivity index (χ0) is 35.8. The van der Waals surface area contributed by atoms with Crippen LogP contribution in [0.1, 0.15) is 39.3 Å². The number of pyridine rings is 1. The molecule has 6 aromatic rings. The number of rotatable bonds is 10. The van der Waals surface area contributed by atoms with E-state index < -0.39 is 15.9 Å². The molecule has 7 rings (SSSR count). The fourth-order valence-corrected chi connectivity index (χ4v) is 7.11. The van der Waals surface area contributed by atoms with Crippen LogP contribution in [0.3, 0.4) is 0 Å². The molecule has 0 radical (unpaired) electrons. The molecule has 51 heavy (non-hydrogen) atoms. The number of aromatic nitrogens is 5. The molecule has 14 heteroatoms. The van der Waals surface area contributed by atoms with Crippen molar-refractivity contribution in [2.75, 3.05) is 23.1 Å². The number of nitrogens with zero attached hydrogens (tertiary/aromatic N) is 5. The predicted octanol–water partition coefficient (Wildman–Crippen LogP) is 7.63. The van der Waals surface area contributed by atoms with Crippen molar-refractivity contribution in [1.82, 2.24) is 24.7 Å². The molecule has 0 unspecified atom stereocenters. The van der Waals surface area contributed by atoms with E-state index in [2.05, 4.69) is 30.9 Å². The first-order valence-corrected chi connectivity index (χ1v) is 17.9. The predicted molar refractivity (Wildman–Crippen MR) is 195 cm³/mol. The zero-order valence-electron chi connectivity index (χ0n) is 28.4. The van der Waals surface area contributed by atoms with E-state index in [0.29, 0.717) is 47.4 Å². The zero-order valence-corrected chi connectivity index (χ0v) is 29.2. The van der Waals surface area contributed by atoms with Crippen molar-refractivity contribution in [1.29, 1.82) is 0 Å². The molecule has 1 aliphatic carbocycles. The van der Waals surface area contributed by atoms with E-state index in [9.17, 15) is 13.2 Å². The van der Waals surface area contributed by atoms with Gasteiger partial charge in [0.1, 0.15) is 11.6 Å². The van der Waals surface area contributed by atoms with Gasteiger partial charge in [0.05, 0.1) is 40.5 Å². The number of carbonyl (C=O) groups excluding carboxylic acids is 1. The number of sulfone groups is 1. The average Bonchev–Trinajstić information content (AvgIpc) is 3.90. The molecular formula is C37H36N8O5S. The van der Waals surface area contributed by atoms with Crippen molar-refractivity contribution in [2.45, 2.75) is 49.2 Å². The SMILES string of the molecule is COc1ccc(-n2nc(C(C)(C)C)cc2NC(=O)Nc2ccc(Oc3ccnc(Nc4cccc(S(=O)(=O)C5CC5)c4)n3)c3ccccc23)cn1. The van der Waals surface area contributed by atoms with Gasteiger partial charge in [0, 0.05) is 46.3 Å². The van der Waals surface area contributed by atoms with E-state index in [1.54, 1.807) is 72.7 Å². The Morgan fingerprint density at radius 2 is 1.69 bits per heavy atom. The number of benzene rings is 3. The maximum absolute atomic E-state index is 13.5. The second-order valence-corrected chi connectivity index (χ2v) is 15.3. The highest BCUT2D eigenvalue weighted by Crippen LogP contribution is 2.36. The maximum atomic E-state index is 13.5. The van der Waals surface area contributed by atoms with Crippen LogP contribution in [0.4, 0.5) is 27.9 Å². The van der Waals surface area contributed by atoms with Crippen LogP contribution in [0.2, 0.25) is 0 Å². The van der Waals surface area contributed by atoms with E-state index in [0.717, 1.165) is 16.5 Å². The van der Waals surface area contributed by atoms with E-state index in [-0.39, 0.29) is 27.4 Å². The number of carbonyl (C=O) groups is 1. The fraction of sp³-hybridized carbons (Fsp3) is 0.216. The van der Waals surface area contributed by atoms with Crippen molar-refractivity contribution >= 4 is 49.8 Å². The van der Waals surface area contributed by atoms with Gasteiger partial charge in [-0.05, 0) is 49.2 Å². The second kappa shape index (κ2) is 13.4. The third kappa shape index (κ3) is 7.31. The molecule has 3 aromatic heterocycles. The molecule has 3 heterocycles. The highest BCUT2D eigenvalue weighted by atomic mass is 32.2. The van der Waals surface area contributed by atoms with Crippen LogP contribution in [-0.4, -0.2) is 51.5 Å². The van der Waals surface area contributed by atoms with Crippen molar-refractivity contribution in [3.63, 3.8) is 0 Å². The van der Waals surface area contributed by atoms with Crippen LogP contribution in [0, 0.1) is 0 Å². The first kappa shape index (κ1) is 33.5. The van der Waals surface area contributed by atoms with Gasteiger partial charge in [0.15, 0.2) is 9.84 Å². The molecule has 3 aromatic carbocycles. The van der Waals surface area contributed by atoms with Gasteiger partial charge in [-0.1, -0.05) is 51.1 Å². The summed E-state index contributed by atoms with van der Waals surface area (Å²) in [4.78, 5) is 26.8. The molecule has 1 aliphatic rings. The number of amides is 2. The fourth-order valence-electron chi connectivity index (χ4n) is 5.41. The number of ether oxygens (including phenoxy) is 2. The number of nitrogens with one attached hydrogen (secondary N) is 3. The Hall–Kier alpha value is -6.02. The number of fused-ring (bicyclic) bond motifs is 1. The van der Waals surface area contributed by atoms with Gasteiger partial charge in [0.25, 0.3) is 0 Å². The van der Waals surface area contributed by atoms with E-state index in [4.69, 9.17) is 14.6 Å².